The van der Waals surface area contributed by atoms with E-state index in [-0.39, 0.29) is 0 Å². The number of alkyl halides is 3. The SMILES string of the molecule is CNC(=O)OCCCN1CC=C(c2cccc(C(F)(F)F)c2)CC1. The average Bonchev–Trinajstić information content (AvgIpc) is 2.58. The Balaban J connectivity index is 1.86. The molecule has 24 heavy (non-hydrogen) atoms. The summed E-state index contributed by atoms with van der Waals surface area (Å²) in [6, 6.07) is 5.46. The van der Waals surface area contributed by atoms with E-state index >= 15 is 0 Å². The third-order valence-electron chi connectivity index (χ3n) is 3.91. The Morgan fingerprint density at radius 3 is 2.79 bits per heavy atom. The zero-order chi connectivity index (χ0) is 17.6. The van der Waals surface area contributed by atoms with Gasteiger partial charge in [0, 0.05) is 26.7 Å². The van der Waals surface area contributed by atoms with Gasteiger partial charge in [-0.25, -0.2) is 4.79 Å². The van der Waals surface area contributed by atoms with Crippen LogP contribution >= 0.6 is 0 Å². The molecule has 0 unspecified atom stereocenters. The van der Waals surface area contributed by atoms with Crippen LogP contribution in [0.25, 0.3) is 5.57 Å². The zero-order valence-electron chi connectivity index (χ0n) is 13.5. The number of alkyl carbamates (subject to hydrolysis) is 1. The summed E-state index contributed by atoms with van der Waals surface area (Å²) in [7, 11) is 1.51. The highest BCUT2D eigenvalue weighted by atomic mass is 19.4. The Kier molecular flexibility index (Phi) is 6.25. The fraction of sp³-hybridized carbons (Fsp3) is 0.471. The number of halogens is 3. The Labute approximate surface area is 139 Å². The second-order valence-corrected chi connectivity index (χ2v) is 5.60. The van der Waals surface area contributed by atoms with Gasteiger partial charge in [0.25, 0.3) is 0 Å². The summed E-state index contributed by atoms with van der Waals surface area (Å²) in [6.45, 7) is 2.59. The molecule has 0 bridgehead atoms. The maximum Gasteiger partial charge on any atom is 0.416 e. The van der Waals surface area contributed by atoms with Gasteiger partial charge in [-0.05, 0) is 36.1 Å². The number of hydrogen-bond acceptors (Lipinski definition) is 3. The maximum absolute atomic E-state index is 12.8. The number of carbonyl (C=O) groups is 1. The number of amides is 1. The minimum absolute atomic E-state index is 0.348. The van der Waals surface area contributed by atoms with E-state index in [1.54, 1.807) is 6.07 Å². The molecular weight excluding hydrogens is 321 g/mol. The van der Waals surface area contributed by atoms with Crippen LogP contribution in [0.1, 0.15) is 24.0 Å². The molecule has 1 aromatic rings. The normalized spacial score (nSPS) is 15.8. The van der Waals surface area contributed by atoms with Crippen LogP contribution in [0.2, 0.25) is 0 Å². The van der Waals surface area contributed by atoms with E-state index in [0.29, 0.717) is 25.1 Å². The van der Waals surface area contributed by atoms with E-state index in [0.717, 1.165) is 31.1 Å². The third-order valence-corrected chi connectivity index (χ3v) is 3.91. The lowest BCUT2D eigenvalue weighted by Crippen LogP contribution is -2.30. The molecule has 4 nitrogen and oxygen atoms in total. The molecule has 132 valence electrons. The van der Waals surface area contributed by atoms with E-state index in [1.165, 1.54) is 19.2 Å². The topological polar surface area (TPSA) is 41.6 Å². The van der Waals surface area contributed by atoms with Crippen molar-refractivity contribution in [2.75, 3.05) is 33.3 Å². The highest BCUT2D eigenvalue weighted by Crippen LogP contribution is 2.32. The molecule has 2 rings (SSSR count). The minimum Gasteiger partial charge on any atom is -0.450 e. The zero-order valence-corrected chi connectivity index (χ0v) is 13.5. The first-order chi connectivity index (χ1) is 11.4. The van der Waals surface area contributed by atoms with Crippen molar-refractivity contribution >= 4 is 11.7 Å². The summed E-state index contributed by atoms with van der Waals surface area (Å²) in [4.78, 5) is 13.1. The Hall–Kier alpha value is -2.02. The largest absolute Gasteiger partial charge is 0.450 e. The van der Waals surface area contributed by atoms with E-state index in [9.17, 15) is 18.0 Å². The van der Waals surface area contributed by atoms with Gasteiger partial charge in [0.15, 0.2) is 0 Å². The standard InChI is InChI=1S/C17H21F3N2O2/c1-21-16(23)24-11-3-8-22-9-6-13(7-10-22)14-4-2-5-15(12-14)17(18,19)20/h2,4-6,12H,3,7-11H2,1H3,(H,21,23). The molecule has 1 heterocycles. The quantitative estimate of drug-likeness (QED) is 0.832. The number of hydrogen-bond donors (Lipinski definition) is 1. The molecule has 1 aromatic carbocycles. The van der Waals surface area contributed by atoms with Crippen molar-refractivity contribution in [1.82, 2.24) is 10.2 Å². The lowest BCUT2D eigenvalue weighted by atomic mass is 9.97. The molecule has 1 N–H and O–H groups in total. The molecule has 0 aliphatic carbocycles. The molecule has 7 heteroatoms. The van der Waals surface area contributed by atoms with Gasteiger partial charge < -0.3 is 10.1 Å². The van der Waals surface area contributed by atoms with Crippen LogP contribution in [0.3, 0.4) is 0 Å². The summed E-state index contributed by atoms with van der Waals surface area (Å²) in [5, 5.41) is 2.38. The second-order valence-electron chi connectivity index (χ2n) is 5.60. The van der Waals surface area contributed by atoms with Gasteiger partial charge in [0.2, 0.25) is 0 Å². The van der Waals surface area contributed by atoms with Gasteiger partial charge in [-0.1, -0.05) is 18.2 Å². The van der Waals surface area contributed by atoms with E-state index in [4.69, 9.17) is 4.74 Å². The van der Waals surface area contributed by atoms with E-state index in [1.807, 2.05) is 6.08 Å². The number of carbonyl (C=O) groups excluding carboxylic acids is 1. The summed E-state index contributed by atoms with van der Waals surface area (Å²) >= 11 is 0. The molecule has 0 fully saturated rings. The van der Waals surface area contributed by atoms with Crippen molar-refractivity contribution in [1.29, 1.82) is 0 Å². The van der Waals surface area contributed by atoms with Crippen LogP contribution in [0.4, 0.5) is 18.0 Å². The van der Waals surface area contributed by atoms with Crippen molar-refractivity contribution in [3.63, 3.8) is 0 Å². The highest BCUT2D eigenvalue weighted by Gasteiger charge is 2.30. The molecule has 1 amide bonds. The fourth-order valence-electron chi connectivity index (χ4n) is 2.60. The molecule has 0 radical (unpaired) electrons. The summed E-state index contributed by atoms with van der Waals surface area (Å²) in [5.74, 6) is 0. The number of nitrogens with zero attached hydrogens (tertiary/aromatic N) is 1. The van der Waals surface area contributed by atoms with E-state index < -0.39 is 17.8 Å². The molecule has 0 spiro atoms. The predicted molar refractivity (Wildman–Crippen MR) is 85.5 cm³/mol. The lowest BCUT2D eigenvalue weighted by Gasteiger charge is -2.26. The molecule has 0 aromatic heterocycles. The van der Waals surface area contributed by atoms with Crippen molar-refractivity contribution in [3.8, 4) is 0 Å². The summed E-state index contributed by atoms with van der Waals surface area (Å²) in [5.41, 5.74) is 0.959. The van der Waals surface area contributed by atoms with Crippen molar-refractivity contribution in [2.24, 2.45) is 0 Å². The number of benzene rings is 1. The predicted octanol–water partition coefficient (Wildman–Crippen LogP) is 3.54. The lowest BCUT2D eigenvalue weighted by molar-refractivity contribution is -0.137. The van der Waals surface area contributed by atoms with Crippen LogP contribution in [0.5, 0.6) is 0 Å². The maximum atomic E-state index is 12.8. The number of rotatable bonds is 5. The molecule has 1 aliphatic heterocycles. The minimum atomic E-state index is -4.32. The highest BCUT2D eigenvalue weighted by molar-refractivity contribution is 5.67. The fourth-order valence-corrected chi connectivity index (χ4v) is 2.60. The first-order valence-electron chi connectivity index (χ1n) is 7.83. The van der Waals surface area contributed by atoms with Crippen LogP contribution in [-0.2, 0) is 10.9 Å². The van der Waals surface area contributed by atoms with Crippen molar-refractivity contribution in [2.45, 2.75) is 19.0 Å². The molecule has 0 atom stereocenters. The molecule has 1 aliphatic rings. The Morgan fingerprint density at radius 1 is 1.38 bits per heavy atom. The Morgan fingerprint density at radius 2 is 2.17 bits per heavy atom. The van der Waals surface area contributed by atoms with Crippen LogP contribution in [-0.4, -0.2) is 44.3 Å². The molecule has 0 saturated heterocycles. The average molecular weight is 342 g/mol. The van der Waals surface area contributed by atoms with Gasteiger partial charge in [-0.15, -0.1) is 0 Å². The van der Waals surface area contributed by atoms with E-state index in [2.05, 4.69) is 10.2 Å². The van der Waals surface area contributed by atoms with Crippen molar-refractivity contribution in [3.05, 3.63) is 41.5 Å². The second kappa shape index (κ2) is 8.19. The first-order valence-corrected chi connectivity index (χ1v) is 7.83. The van der Waals surface area contributed by atoms with Gasteiger partial charge >= 0.3 is 12.3 Å². The monoisotopic (exact) mass is 342 g/mol. The van der Waals surface area contributed by atoms with Gasteiger partial charge in [-0.3, -0.25) is 4.90 Å². The Bertz CT molecular complexity index is 600. The summed E-state index contributed by atoms with van der Waals surface area (Å²) in [6.07, 6.45) is -1.36. The molecular formula is C17H21F3N2O2. The van der Waals surface area contributed by atoms with Gasteiger partial charge in [0.05, 0.1) is 12.2 Å². The van der Waals surface area contributed by atoms with Crippen LogP contribution < -0.4 is 5.32 Å². The number of nitrogens with one attached hydrogen (secondary N) is 1. The van der Waals surface area contributed by atoms with Gasteiger partial charge in [-0.2, -0.15) is 13.2 Å². The van der Waals surface area contributed by atoms with Gasteiger partial charge in [0.1, 0.15) is 0 Å². The van der Waals surface area contributed by atoms with Crippen LogP contribution in [0.15, 0.2) is 30.3 Å². The van der Waals surface area contributed by atoms with Crippen molar-refractivity contribution < 1.29 is 22.7 Å². The smallest absolute Gasteiger partial charge is 0.416 e. The third kappa shape index (κ3) is 5.26. The first kappa shape index (κ1) is 18.3. The summed E-state index contributed by atoms with van der Waals surface area (Å²) < 4.78 is 43.3. The number of ether oxygens (including phenoxy) is 1. The molecule has 0 saturated carbocycles. The van der Waals surface area contributed by atoms with Crippen LogP contribution in [0, 0.1) is 0 Å².